The zero-order valence-electron chi connectivity index (χ0n) is 12.8. The molecule has 0 radical (unpaired) electrons. The van der Waals surface area contributed by atoms with Gasteiger partial charge < -0.3 is 20.4 Å². The van der Waals surface area contributed by atoms with E-state index < -0.39 is 0 Å². The molecular weight excluding hydrogens is 298 g/mol. The topological polar surface area (TPSA) is 66.2 Å². The van der Waals surface area contributed by atoms with Gasteiger partial charge in [0.15, 0.2) is 5.11 Å². The third-order valence-corrected chi connectivity index (χ3v) is 3.51. The van der Waals surface area contributed by atoms with E-state index in [2.05, 4.69) is 15.6 Å². The zero-order chi connectivity index (χ0) is 16.1. The van der Waals surface area contributed by atoms with Crippen LogP contribution in [0.5, 0.6) is 5.75 Å². The van der Waals surface area contributed by atoms with Crippen LogP contribution in [0.4, 0.5) is 5.69 Å². The molecular formula is C16H19N3O2S. The summed E-state index contributed by atoms with van der Waals surface area (Å²) in [5.41, 5.74) is 3.25. The van der Waals surface area contributed by atoms with Crippen molar-refractivity contribution < 1.29 is 4.74 Å². The first-order valence-electron chi connectivity index (χ1n) is 6.88. The molecule has 0 aliphatic carbocycles. The first kappa shape index (κ1) is 16.0. The Labute approximate surface area is 134 Å². The molecule has 0 saturated heterocycles. The van der Waals surface area contributed by atoms with Crippen molar-refractivity contribution in [2.24, 2.45) is 0 Å². The first-order valence-corrected chi connectivity index (χ1v) is 7.28. The summed E-state index contributed by atoms with van der Waals surface area (Å²) in [4.78, 5) is 14.7. The Balaban J connectivity index is 1.97. The Morgan fingerprint density at radius 3 is 2.55 bits per heavy atom. The number of hydrogen-bond donors (Lipinski definition) is 3. The molecule has 0 fully saturated rings. The summed E-state index contributed by atoms with van der Waals surface area (Å²) in [5, 5.41) is 6.58. The molecule has 0 atom stereocenters. The number of ether oxygens (including phenoxy) is 1. The predicted octanol–water partition coefficient (Wildman–Crippen LogP) is 2.49. The number of aryl methyl sites for hydroxylation is 2. The van der Waals surface area contributed by atoms with E-state index in [0.717, 1.165) is 22.7 Å². The lowest BCUT2D eigenvalue weighted by Gasteiger charge is -2.12. The van der Waals surface area contributed by atoms with Gasteiger partial charge in [-0.3, -0.25) is 4.79 Å². The lowest BCUT2D eigenvalue weighted by atomic mass is 10.1. The van der Waals surface area contributed by atoms with Crippen molar-refractivity contribution in [3.05, 3.63) is 57.5 Å². The van der Waals surface area contributed by atoms with Gasteiger partial charge in [0.1, 0.15) is 5.75 Å². The van der Waals surface area contributed by atoms with Crippen LogP contribution >= 0.6 is 12.2 Å². The van der Waals surface area contributed by atoms with Crippen molar-refractivity contribution in [1.29, 1.82) is 0 Å². The molecule has 22 heavy (non-hydrogen) atoms. The van der Waals surface area contributed by atoms with Crippen LogP contribution in [0.25, 0.3) is 0 Å². The fraction of sp³-hybridized carbons (Fsp3) is 0.250. The normalized spacial score (nSPS) is 10.1. The van der Waals surface area contributed by atoms with Gasteiger partial charge in [-0.15, -0.1) is 0 Å². The Kier molecular flexibility index (Phi) is 5.16. The number of rotatable bonds is 4. The molecule has 6 heteroatoms. The van der Waals surface area contributed by atoms with Crippen LogP contribution in [0.3, 0.4) is 0 Å². The second-order valence-corrected chi connectivity index (χ2v) is 5.39. The quantitative estimate of drug-likeness (QED) is 0.756. The second kappa shape index (κ2) is 7.09. The van der Waals surface area contributed by atoms with Gasteiger partial charge >= 0.3 is 0 Å². The highest BCUT2D eigenvalue weighted by Crippen LogP contribution is 2.14. The molecule has 1 aromatic carbocycles. The third kappa shape index (κ3) is 4.08. The van der Waals surface area contributed by atoms with E-state index in [4.69, 9.17) is 17.0 Å². The summed E-state index contributed by atoms with van der Waals surface area (Å²) in [7, 11) is 1.62. The van der Waals surface area contributed by atoms with Gasteiger partial charge in [-0.1, -0.05) is 0 Å². The molecule has 2 aromatic rings. The lowest BCUT2D eigenvalue weighted by Crippen LogP contribution is -2.31. The van der Waals surface area contributed by atoms with Crippen LogP contribution < -0.4 is 20.9 Å². The SMILES string of the molecule is COc1ccc(NC(=S)NCc2c(C)cc(C)[nH]c2=O)cc1. The molecule has 0 spiro atoms. The standard InChI is InChI=1S/C16H19N3O2S/c1-10-8-11(2)18-15(20)14(10)9-17-16(22)19-12-4-6-13(21-3)7-5-12/h4-8H,9H2,1-3H3,(H,18,20)(H2,17,19,22). The van der Waals surface area contributed by atoms with E-state index >= 15 is 0 Å². The number of pyridine rings is 1. The van der Waals surface area contributed by atoms with E-state index in [9.17, 15) is 4.79 Å². The summed E-state index contributed by atoms with van der Waals surface area (Å²) in [6.45, 7) is 4.16. The number of aromatic amines is 1. The molecule has 5 nitrogen and oxygen atoms in total. The molecule has 0 saturated carbocycles. The Morgan fingerprint density at radius 1 is 1.27 bits per heavy atom. The van der Waals surface area contributed by atoms with Crippen molar-refractivity contribution in [3.63, 3.8) is 0 Å². The minimum absolute atomic E-state index is 0.0859. The van der Waals surface area contributed by atoms with E-state index in [1.807, 2.05) is 44.2 Å². The monoisotopic (exact) mass is 317 g/mol. The second-order valence-electron chi connectivity index (χ2n) is 4.98. The molecule has 0 bridgehead atoms. The van der Waals surface area contributed by atoms with Crippen molar-refractivity contribution in [3.8, 4) is 5.75 Å². The number of hydrogen-bond acceptors (Lipinski definition) is 3. The maximum absolute atomic E-state index is 11.9. The number of benzene rings is 1. The molecule has 1 heterocycles. The first-order chi connectivity index (χ1) is 10.5. The average Bonchev–Trinajstić information content (AvgIpc) is 2.47. The molecule has 0 unspecified atom stereocenters. The highest BCUT2D eigenvalue weighted by atomic mass is 32.1. The predicted molar refractivity (Wildman–Crippen MR) is 92.6 cm³/mol. The summed E-state index contributed by atoms with van der Waals surface area (Å²) in [6.07, 6.45) is 0. The lowest BCUT2D eigenvalue weighted by molar-refractivity contribution is 0.415. The van der Waals surface area contributed by atoms with Crippen molar-refractivity contribution in [2.45, 2.75) is 20.4 Å². The van der Waals surface area contributed by atoms with E-state index in [0.29, 0.717) is 17.2 Å². The Hall–Kier alpha value is -2.34. The number of nitrogens with one attached hydrogen (secondary N) is 3. The van der Waals surface area contributed by atoms with Gasteiger partial charge in [-0.2, -0.15) is 0 Å². The molecule has 0 amide bonds. The number of anilines is 1. The van der Waals surface area contributed by atoms with Gasteiger partial charge in [0.2, 0.25) is 0 Å². The summed E-state index contributed by atoms with van der Waals surface area (Å²) in [5.74, 6) is 0.784. The third-order valence-electron chi connectivity index (χ3n) is 3.27. The highest BCUT2D eigenvalue weighted by Gasteiger charge is 2.06. The maximum Gasteiger partial charge on any atom is 0.253 e. The minimum atomic E-state index is -0.0859. The minimum Gasteiger partial charge on any atom is -0.497 e. The smallest absolute Gasteiger partial charge is 0.253 e. The van der Waals surface area contributed by atoms with Crippen LogP contribution in [0.15, 0.2) is 35.1 Å². The van der Waals surface area contributed by atoms with E-state index in [1.54, 1.807) is 7.11 Å². The molecule has 1 aromatic heterocycles. The van der Waals surface area contributed by atoms with Crippen LogP contribution in [0, 0.1) is 13.8 Å². The number of methoxy groups -OCH3 is 1. The van der Waals surface area contributed by atoms with Crippen molar-refractivity contribution in [1.82, 2.24) is 10.3 Å². The van der Waals surface area contributed by atoms with Gasteiger partial charge in [0.25, 0.3) is 5.56 Å². The molecule has 0 aliphatic heterocycles. The number of aromatic nitrogens is 1. The highest BCUT2D eigenvalue weighted by molar-refractivity contribution is 7.80. The summed E-state index contributed by atoms with van der Waals surface area (Å²) >= 11 is 5.24. The fourth-order valence-corrected chi connectivity index (χ4v) is 2.31. The van der Waals surface area contributed by atoms with Crippen molar-refractivity contribution in [2.75, 3.05) is 12.4 Å². The average molecular weight is 317 g/mol. The van der Waals surface area contributed by atoms with Gasteiger partial charge in [-0.25, -0.2) is 0 Å². The van der Waals surface area contributed by atoms with Crippen LogP contribution in [0.2, 0.25) is 0 Å². The number of thiocarbonyl (C=S) groups is 1. The van der Waals surface area contributed by atoms with Crippen molar-refractivity contribution >= 4 is 23.0 Å². The van der Waals surface area contributed by atoms with Crippen LogP contribution in [0.1, 0.15) is 16.8 Å². The van der Waals surface area contributed by atoms with Crippen LogP contribution in [-0.4, -0.2) is 17.2 Å². The molecule has 2 rings (SSSR count). The fourth-order valence-electron chi connectivity index (χ4n) is 2.12. The van der Waals surface area contributed by atoms with Gasteiger partial charge in [-0.05, 0) is 62.0 Å². The molecule has 116 valence electrons. The van der Waals surface area contributed by atoms with E-state index in [1.165, 1.54) is 0 Å². The Bertz CT molecular complexity index is 723. The van der Waals surface area contributed by atoms with Crippen LogP contribution in [-0.2, 0) is 6.54 Å². The summed E-state index contributed by atoms with van der Waals surface area (Å²) < 4.78 is 5.10. The van der Waals surface area contributed by atoms with Gasteiger partial charge in [0.05, 0.1) is 7.11 Å². The largest absolute Gasteiger partial charge is 0.497 e. The van der Waals surface area contributed by atoms with E-state index in [-0.39, 0.29) is 5.56 Å². The number of H-pyrrole nitrogens is 1. The summed E-state index contributed by atoms with van der Waals surface area (Å²) in [6, 6.07) is 9.38. The Morgan fingerprint density at radius 2 is 1.95 bits per heavy atom. The maximum atomic E-state index is 11.9. The molecule has 0 aliphatic rings. The van der Waals surface area contributed by atoms with Gasteiger partial charge in [0, 0.05) is 23.5 Å². The molecule has 3 N–H and O–H groups in total. The zero-order valence-corrected chi connectivity index (χ0v) is 13.6.